The summed E-state index contributed by atoms with van der Waals surface area (Å²) in [5.74, 6) is -0.00463. The van der Waals surface area contributed by atoms with Crippen molar-refractivity contribution in [2.24, 2.45) is 4.99 Å². The van der Waals surface area contributed by atoms with Crippen LogP contribution in [0.3, 0.4) is 0 Å². The number of amides is 1. The van der Waals surface area contributed by atoms with Gasteiger partial charge in [-0.05, 0) is 25.5 Å². The number of aryl methyl sites for hydroxylation is 1. The summed E-state index contributed by atoms with van der Waals surface area (Å²) < 4.78 is 0. The number of H-pyrrole nitrogens is 1. The lowest BCUT2D eigenvalue weighted by molar-refractivity contribution is 0.0854. The van der Waals surface area contributed by atoms with E-state index in [0.29, 0.717) is 18.8 Å². The summed E-state index contributed by atoms with van der Waals surface area (Å²) in [6.07, 6.45) is 5.04. The van der Waals surface area contributed by atoms with Crippen LogP contribution in [0.15, 0.2) is 4.99 Å². The fourth-order valence-electron chi connectivity index (χ4n) is 2.41. The van der Waals surface area contributed by atoms with E-state index < -0.39 is 0 Å². The monoisotopic (exact) mass is 250 g/mol. The lowest BCUT2D eigenvalue weighted by Gasteiger charge is -2.15. The van der Waals surface area contributed by atoms with Gasteiger partial charge in [0.25, 0.3) is 5.91 Å². The van der Waals surface area contributed by atoms with Crippen molar-refractivity contribution in [2.45, 2.75) is 19.3 Å². The Labute approximate surface area is 104 Å². The number of hydrogen-bond acceptors (Lipinski definition) is 4. The van der Waals surface area contributed by atoms with Gasteiger partial charge in [0.1, 0.15) is 0 Å². The summed E-state index contributed by atoms with van der Waals surface area (Å²) in [5, 5.41) is 7.96. The van der Waals surface area contributed by atoms with Gasteiger partial charge >= 0.3 is 0 Å². The van der Waals surface area contributed by atoms with Gasteiger partial charge in [-0.15, -0.1) is 0 Å². The van der Waals surface area contributed by atoms with Crippen LogP contribution in [0.25, 0.3) is 0 Å². The minimum Gasteiger partial charge on any atom is -0.284 e. The maximum atomic E-state index is 12.4. The fraction of sp³-hybridized carbons (Fsp3) is 0.545. The molecule has 1 aliphatic heterocycles. The molecule has 2 aliphatic rings. The highest BCUT2D eigenvalue weighted by Crippen LogP contribution is 2.25. The standard InChI is InChI=1S/C11H14N4OS/c1-17-11-12-5-6-15(11)10(16)9-7-3-2-4-8(7)13-14-9/h2-6H2,1H3,(H,13,14). The lowest BCUT2D eigenvalue weighted by Crippen LogP contribution is -2.33. The quantitative estimate of drug-likeness (QED) is 0.811. The van der Waals surface area contributed by atoms with Crippen LogP contribution in [-0.2, 0) is 12.8 Å². The molecular weight excluding hydrogens is 236 g/mol. The number of fused-ring (bicyclic) bond motifs is 1. The first-order valence-electron chi connectivity index (χ1n) is 5.77. The number of carbonyl (C=O) groups is 1. The third-order valence-corrected chi connectivity index (χ3v) is 3.95. The number of hydrogen-bond donors (Lipinski definition) is 1. The molecule has 0 saturated heterocycles. The molecule has 0 saturated carbocycles. The van der Waals surface area contributed by atoms with Crippen molar-refractivity contribution in [2.75, 3.05) is 19.3 Å². The molecule has 0 fully saturated rings. The zero-order chi connectivity index (χ0) is 11.8. The molecule has 5 nitrogen and oxygen atoms in total. The topological polar surface area (TPSA) is 61.4 Å². The molecule has 0 unspecified atom stereocenters. The molecule has 2 heterocycles. The van der Waals surface area contributed by atoms with Crippen LogP contribution >= 0.6 is 11.8 Å². The summed E-state index contributed by atoms with van der Waals surface area (Å²) in [4.78, 5) is 18.4. The molecule has 0 atom stereocenters. The predicted octanol–water partition coefficient (Wildman–Crippen LogP) is 1.07. The molecular formula is C11H14N4OS. The van der Waals surface area contributed by atoms with Crippen molar-refractivity contribution in [3.63, 3.8) is 0 Å². The number of aromatic amines is 1. The number of thioether (sulfide) groups is 1. The van der Waals surface area contributed by atoms with Crippen LogP contribution in [0.2, 0.25) is 0 Å². The maximum Gasteiger partial charge on any atom is 0.280 e. The average molecular weight is 250 g/mol. The van der Waals surface area contributed by atoms with Gasteiger partial charge < -0.3 is 0 Å². The number of rotatable bonds is 1. The third-order valence-electron chi connectivity index (χ3n) is 3.24. The smallest absolute Gasteiger partial charge is 0.280 e. The SMILES string of the molecule is CSC1=NCCN1C(=O)c1n[nH]c2c1CCC2. The van der Waals surface area contributed by atoms with Crippen LogP contribution < -0.4 is 0 Å². The largest absolute Gasteiger partial charge is 0.284 e. The number of carbonyl (C=O) groups excluding carboxylic acids is 1. The Hall–Kier alpha value is -1.30. The van der Waals surface area contributed by atoms with Gasteiger partial charge in [-0.3, -0.25) is 19.8 Å². The summed E-state index contributed by atoms with van der Waals surface area (Å²) in [6, 6.07) is 0. The molecule has 1 amide bonds. The molecule has 0 spiro atoms. The number of aromatic nitrogens is 2. The van der Waals surface area contributed by atoms with E-state index in [0.717, 1.165) is 35.7 Å². The molecule has 90 valence electrons. The lowest BCUT2D eigenvalue weighted by atomic mass is 10.2. The maximum absolute atomic E-state index is 12.4. The Bertz CT molecular complexity index is 494. The molecule has 0 bridgehead atoms. The average Bonchev–Trinajstić information content (AvgIpc) is 3.03. The second-order valence-corrected chi connectivity index (χ2v) is 4.98. The number of aliphatic imine (C=N–C) groups is 1. The van der Waals surface area contributed by atoms with Crippen molar-refractivity contribution in [1.29, 1.82) is 0 Å². The first kappa shape index (κ1) is 10.8. The van der Waals surface area contributed by atoms with Gasteiger partial charge in [0.15, 0.2) is 10.9 Å². The number of nitrogens with zero attached hydrogens (tertiary/aromatic N) is 3. The molecule has 0 radical (unpaired) electrons. The van der Waals surface area contributed by atoms with E-state index in [9.17, 15) is 4.79 Å². The minimum atomic E-state index is -0.00463. The molecule has 1 aliphatic carbocycles. The van der Waals surface area contributed by atoms with Crippen molar-refractivity contribution in [3.8, 4) is 0 Å². The second-order valence-electron chi connectivity index (χ2n) is 4.21. The molecule has 1 aromatic rings. The Morgan fingerprint density at radius 3 is 3.18 bits per heavy atom. The van der Waals surface area contributed by atoms with E-state index in [1.54, 1.807) is 4.90 Å². The highest BCUT2D eigenvalue weighted by Gasteiger charge is 2.30. The van der Waals surface area contributed by atoms with Crippen molar-refractivity contribution in [3.05, 3.63) is 17.0 Å². The first-order chi connectivity index (χ1) is 8.31. The van der Waals surface area contributed by atoms with Crippen molar-refractivity contribution in [1.82, 2.24) is 15.1 Å². The van der Waals surface area contributed by atoms with E-state index in [2.05, 4.69) is 15.2 Å². The van der Waals surface area contributed by atoms with Gasteiger partial charge in [0.05, 0.1) is 6.54 Å². The van der Waals surface area contributed by atoms with Gasteiger partial charge in [0, 0.05) is 17.8 Å². The van der Waals surface area contributed by atoms with Crippen molar-refractivity contribution < 1.29 is 4.79 Å². The van der Waals surface area contributed by atoms with Gasteiger partial charge in [-0.1, -0.05) is 11.8 Å². The van der Waals surface area contributed by atoms with Gasteiger partial charge in [-0.2, -0.15) is 5.10 Å². The van der Waals surface area contributed by atoms with Gasteiger partial charge in [-0.25, -0.2) is 0 Å². The van der Waals surface area contributed by atoms with Crippen LogP contribution in [0.5, 0.6) is 0 Å². The fourth-order valence-corrected chi connectivity index (χ4v) is 3.03. The zero-order valence-electron chi connectivity index (χ0n) is 9.69. The van der Waals surface area contributed by atoms with Gasteiger partial charge in [0.2, 0.25) is 0 Å². The molecule has 17 heavy (non-hydrogen) atoms. The Kier molecular flexibility index (Phi) is 2.66. The van der Waals surface area contributed by atoms with E-state index >= 15 is 0 Å². The van der Waals surface area contributed by atoms with E-state index in [4.69, 9.17) is 0 Å². The highest BCUT2D eigenvalue weighted by molar-refractivity contribution is 8.13. The highest BCUT2D eigenvalue weighted by atomic mass is 32.2. The summed E-state index contributed by atoms with van der Waals surface area (Å²) in [6.45, 7) is 1.38. The van der Waals surface area contributed by atoms with Crippen LogP contribution in [-0.4, -0.2) is 45.5 Å². The molecule has 6 heteroatoms. The van der Waals surface area contributed by atoms with E-state index in [1.807, 2.05) is 6.26 Å². The van der Waals surface area contributed by atoms with Crippen molar-refractivity contribution >= 4 is 22.8 Å². The van der Waals surface area contributed by atoms with E-state index in [1.165, 1.54) is 11.8 Å². The first-order valence-corrected chi connectivity index (χ1v) is 7.00. The molecule has 3 rings (SSSR count). The Morgan fingerprint density at radius 1 is 1.47 bits per heavy atom. The Balaban J connectivity index is 1.89. The summed E-state index contributed by atoms with van der Waals surface area (Å²) in [7, 11) is 0. The van der Waals surface area contributed by atoms with Crippen LogP contribution in [0.1, 0.15) is 28.2 Å². The second kappa shape index (κ2) is 4.18. The molecule has 1 N–H and O–H groups in total. The summed E-state index contributed by atoms with van der Waals surface area (Å²) >= 11 is 1.52. The summed E-state index contributed by atoms with van der Waals surface area (Å²) in [5.41, 5.74) is 2.85. The van der Waals surface area contributed by atoms with E-state index in [-0.39, 0.29) is 5.91 Å². The van der Waals surface area contributed by atoms with Crippen LogP contribution in [0, 0.1) is 0 Å². The Morgan fingerprint density at radius 2 is 2.35 bits per heavy atom. The van der Waals surface area contributed by atoms with Crippen LogP contribution in [0.4, 0.5) is 0 Å². The molecule has 0 aromatic carbocycles. The molecule has 1 aromatic heterocycles. The third kappa shape index (κ3) is 1.67. The minimum absolute atomic E-state index is 0.00463. The number of amidine groups is 1. The predicted molar refractivity (Wildman–Crippen MR) is 67.5 cm³/mol. The normalized spacial score (nSPS) is 18.4. The zero-order valence-corrected chi connectivity index (χ0v) is 10.5. The number of nitrogens with one attached hydrogen (secondary N) is 1.